The average Bonchev–Trinajstić information content (AvgIpc) is 2.55. The Morgan fingerprint density at radius 1 is 1.30 bits per heavy atom. The molecule has 1 aliphatic rings. The third-order valence-electron chi connectivity index (χ3n) is 4.06. The van der Waals surface area contributed by atoms with E-state index in [9.17, 15) is 9.90 Å². The second kappa shape index (κ2) is 9.75. The number of hydrogen-bond acceptors (Lipinski definition) is 5. The van der Waals surface area contributed by atoms with Gasteiger partial charge >= 0.3 is 5.97 Å². The molecule has 1 atom stereocenters. The molecule has 0 saturated carbocycles. The van der Waals surface area contributed by atoms with Crippen molar-refractivity contribution in [2.24, 2.45) is 5.92 Å². The molecule has 1 saturated heterocycles. The van der Waals surface area contributed by atoms with E-state index in [1.54, 1.807) is 24.3 Å². The highest BCUT2D eigenvalue weighted by Gasteiger charge is 2.18. The highest BCUT2D eigenvalue weighted by atomic mass is 35.5. The Hall–Kier alpha value is -1.30. The van der Waals surface area contributed by atoms with Crippen molar-refractivity contribution in [2.45, 2.75) is 25.9 Å². The maximum atomic E-state index is 11.3. The predicted molar refractivity (Wildman–Crippen MR) is 91.4 cm³/mol. The van der Waals surface area contributed by atoms with Crippen LogP contribution >= 0.6 is 12.4 Å². The second-order valence-corrected chi connectivity index (χ2v) is 5.96. The van der Waals surface area contributed by atoms with E-state index in [1.807, 2.05) is 0 Å². The Morgan fingerprint density at radius 3 is 2.48 bits per heavy atom. The molecule has 1 N–H and O–H groups in total. The smallest absolute Gasteiger partial charge is 0.337 e. The summed E-state index contributed by atoms with van der Waals surface area (Å²) in [6.07, 6.45) is 1.89. The molecule has 6 heteroatoms. The number of carbonyl (C=O) groups excluding carboxylic acids is 1. The monoisotopic (exact) mass is 343 g/mol. The number of rotatable bonds is 6. The van der Waals surface area contributed by atoms with E-state index in [2.05, 4.69) is 16.6 Å². The van der Waals surface area contributed by atoms with E-state index >= 15 is 0 Å². The number of esters is 1. The summed E-state index contributed by atoms with van der Waals surface area (Å²) in [5.41, 5.74) is 0.484. The van der Waals surface area contributed by atoms with Crippen molar-refractivity contribution in [1.82, 2.24) is 4.90 Å². The first kappa shape index (κ1) is 19.7. The van der Waals surface area contributed by atoms with Gasteiger partial charge in [0, 0.05) is 6.54 Å². The highest BCUT2D eigenvalue weighted by molar-refractivity contribution is 5.89. The molecule has 1 aromatic rings. The van der Waals surface area contributed by atoms with Crippen LogP contribution in [0.1, 0.15) is 30.1 Å². The molecule has 1 fully saturated rings. The molecule has 5 nitrogen and oxygen atoms in total. The predicted octanol–water partition coefficient (Wildman–Crippen LogP) is 2.37. The number of halogens is 1. The van der Waals surface area contributed by atoms with Crippen LogP contribution in [0.4, 0.5) is 0 Å². The number of likely N-dealkylation sites (tertiary alicyclic amines) is 1. The van der Waals surface area contributed by atoms with Gasteiger partial charge < -0.3 is 19.5 Å². The molecule has 2 rings (SSSR count). The quantitative estimate of drug-likeness (QED) is 0.803. The minimum atomic E-state index is -0.506. The molecule has 1 aromatic carbocycles. The van der Waals surface area contributed by atoms with Crippen LogP contribution in [0.5, 0.6) is 5.75 Å². The van der Waals surface area contributed by atoms with Crippen LogP contribution in [0.25, 0.3) is 0 Å². The number of ether oxygens (including phenoxy) is 2. The Kier molecular flexibility index (Phi) is 8.37. The van der Waals surface area contributed by atoms with Crippen molar-refractivity contribution < 1.29 is 19.4 Å². The van der Waals surface area contributed by atoms with Gasteiger partial charge in [0.15, 0.2) is 0 Å². The molecular weight excluding hydrogens is 318 g/mol. The molecule has 130 valence electrons. The third-order valence-corrected chi connectivity index (χ3v) is 4.06. The number of benzene rings is 1. The number of aliphatic hydroxyl groups excluding tert-OH is 1. The summed E-state index contributed by atoms with van der Waals surface area (Å²) in [6, 6.07) is 6.72. The lowest BCUT2D eigenvalue weighted by Crippen LogP contribution is -2.40. The van der Waals surface area contributed by atoms with Crippen LogP contribution in [0.3, 0.4) is 0 Å². The van der Waals surface area contributed by atoms with Gasteiger partial charge in [-0.15, -0.1) is 12.4 Å². The number of carbonyl (C=O) groups is 1. The summed E-state index contributed by atoms with van der Waals surface area (Å²) in [6.45, 7) is 5.27. The van der Waals surface area contributed by atoms with Gasteiger partial charge in [-0.05, 0) is 56.1 Å². The lowest BCUT2D eigenvalue weighted by molar-refractivity contribution is 0.0561. The number of β-amino-alcohol motifs (C(OH)–C–C–N with tert-alkyl or cyclic N) is 1. The van der Waals surface area contributed by atoms with Crippen LogP contribution in [0, 0.1) is 5.92 Å². The summed E-state index contributed by atoms with van der Waals surface area (Å²) >= 11 is 0. The molecular formula is C17H26ClNO4. The molecule has 0 spiro atoms. The van der Waals surface area contributed by atoms with Crippen LogP contribution in [-0.2, 0) is 4.74 Å². The standard InChI is InChI=1S/C17H25NO4.ClH/c1-13-7-9-18(10-8-13)11-15(19)12-22-16-5-3-14(4-6-16)17(20)21-2;/h3-6,13,15,19H,7-12H2,1-2H3;1H. The number of aliphatic hydroxyl groups is 1. The Morgan fingerprint density at radius 2 is 1.91 bits per heavy atom. The Bertz CT molecular complexity index is 472. The molecule has 0 amide bonds. The topological polar surface area (TPSA) is 59.0 Å². The van der Waals surface area contributed by atoms with Crippen molar-refractivity contribution in [3.05, 3.63) is 29.8 Å². The summed E-state index contributed by atoms with van der Waals surface area (Å²) in [7, 11) is 1.35. The van der Waals surface area contributed by atoms with Crippen LogP contribution in [0.2, 0.25) is 0 Å². The number of piperidine rings is 1. The Balaban J connectivity index is 0.00000264. The molecule has 0 bridgehead atoms. The minimum Gasteiger partial charge on any atom is -0.491 e. The van der Waals surface area contributed by atoms with E-state index in [1.165, 1.54) is 20.0 Å². The van der Waals surface area contributed by atoms with Gasteiger partial charge in [-0.25, -0.2) is 4.79 Å². The lowest BCUT2D eigenvalue weighted by Gasteiger charge is -2.31. The van der Waals surface area contributed by atoms with Gasteiger partial charge in [-0.1, -0.05) is 6.92 Å². The van der Waals surface area contributed by atoms with Crippen molar-refractivity contribution in [1.29, 1.82) is 0 Å². The fourth-order valence-corrected chi connectivity index (χ4v) is 2.59. The summed E-state index contributed by atoms with van der Waals surface area (Å²) in [5, 5.41) is 10.1. The van der Waals surface area contributed by atoms with E-state index in [0.29, 0.717) is 17.9 Å². The fraction of sp³-hybridized carbons (Fsp3) is 0.588. The third kappa shape index (κ3) is 6.37. The highest BCUT2D eigenvalue weighted by Crippen LogP contribution is 2.17. The number of nitrogens with zero attached hydrogens (tertiary/aromatic N) is 1. The van der Waals surface area contributed by atoms with Gasteiger partial charge in [-0.2, -0.15) is 0 Å². The Labute approximate surface area is 144 Å². The van der Waals surface area contributed by atoms with Gasteiger partial charge in [0.05, 0.1) is 12.7 Å². The van der Waals surface area contributed by atoms with Gasteiger partial charge in [0.25, 0.3) is 0 Å². The van der Waals surface area contributed by atoms with Crippen molar-refractivity contribution in [3.8, 4) is 5.75 Å². The summed E-state index contributed by atoms with van der Waals surface area (Å²) < 4.78 is 10.2. The second-order valence-electron chi connectivity index (χ2n) is 5.96. The molecule has 0 radical (unpaired) electrons. The lowest BCUT2D eigenvalue weighted by atomic mass is 9.99. The first-order valence-corrected chi connectivity index (χ1v) is 7.80. The largest absolute Gasteiger partial charge is 0.491 e. The SMILES string of the molecule is COC(=O)c1ccc(OCC(O)CN2CCC(C)CC2)cc1.Cl. The zero-order chi connectivity index (χ0) is 15.9. The fourth-order valence-electron chi connectivity index (χ4n) is 2.59. The van der Waals surface area contributed by atoms with E-state index in [-0.39, 0.29) is 25.0 Å². The maximum Gasteiger partial charge on any atom is 0.337 e. The van der Waals surface area contributed by atoms with Crippen LogP contribution < -0.4 is 4.74 Å². The molecule has 1 aliphatic heterocycles. The number of hydrogen-bond donors (Lipinski definition) is 1. The molecule has 1 heterocycles. The molecule has 0 aliphatic carbocycles. The maximum absolute atomic E-state index is 11.3. The normalized spacial score (nSPS) is 17.2. The van der Waals surface area contributed by atoms with Gasteiger partial charge in [0.1, 0.15) is 18.5 Å². The summed E-state index contributed by atoms with van der Waals surface area (Å²) in [4.78, 5) is 13.6. The van der Waals surface area contributed by atoms with Crippen LogP contribution in [0.15, 0.2) is 24.3 Å². The van der Waals surface area contributed by atoms with E-state index < -0.39 is 6.10 Å². The van der Waals surface area contributed by atoms with E-state index in [4.69, 9.17) is 4.74 Å². The minimum absolute atomic E-state index is 0. The van der Waals surface area contributed by atoms with Crippen molar-refractivity contribution in [3.63, 3.8) is 0 Å². The molecule has 23 heavy (non-hydrogen) atoms. The first-order chi connectivity index (χ1) is 10.6. The number of methoxy groups -OCH3 is 1. The molecule has 0 aromatic heterocycles. The van der Waals surface area contributed by atoms with E-state index in [0.717, 1.165) is 19.0 Å². The average molecular weight is 344 g/mol. The van der Waals surface area contributed by atoms with Gasteiger partial charge in [0.2, 0.25) is 0 Å². The first-order valence-electron chi connectivity index (χ1n) is 7.80. The van der Waals surface area contributed by atoms with Gasteiger partial charge in [-0.3, -0.25) is 0 Å². The molecule has 1 unspecified atom stereocenters. The zero-order valence-electron chi connectivity index (χ0n) is 13.7. The van der Waals surface area contributed by atoms with Crippen LogP contribution in [-0.4, -0.2) is 55.4 Å². The van der Waals surface area contributed by atoms with Crippen molar-refractivity contribution >= 4 is 18.4 Å². The summed E-state index contributed by atoms with van der Waals surface area (Å²) in [5.74, 6) is 1.06. The van der Waals surface area contributed by atoms with Crippen molar-refractivity contribution in [2.75, 3.05) is 33.4 Å². The zero-order valence-corrected chi connectivity index (χ0v) is 14.6.